The average molecular weight is 353 g/mol. The van der Waals surface area contributed by atoms with Crippen molar-refractivity contribution in [3.8, 4) is 11.1 Å². The van der Waals surface area contributed by atoms with Crippen molar-refractivity contribution >= 4 is 11.9 Å². The van der Waals surface area contributed by atoms with Crippen molar-refractivity contribution < 1.29 is 14.7 Å². The van der Waals surface area contributed by atoms with Crippen molar-refractivity contribution in [3.05, 3.63) is 54.4 Å². The second kappa shape index (κ2) is 8.10. The highest BCUT2D eigenvalue weighted by Crippen LogP contribution is 2.19. The monoisotopic (exact) mass is 353 g/mol. The van der Waals surface area contributed by atoms with E-state index in [0.717, 1.165) is 36.1 Å². The van der Waals surface area contributed by atoms with Crippen molar-refractivity contribution in [2.45, 2.75) is 31.3 Å². The van der Waals surface area contributed by atoms with E-state index in [1.807, 2.05) is 48.3 Å². The van der Waals surface area contributed by atoms with Crippen molar-refractivity contribution in [1.82, 2.24) is 15.2 Å². The molecule has 1 aromatic carbocycles. The number of nitrogens with zero attached hydrogens (tertiary/aromatic N) is 2. The molecule has 0 unspecified atom stereocenters. The molecule has 26 heavy (non-hydrogen) atoms. The van der Waals surface area contributed by atoms with Gasteiger partial charge < -0.3 is 10.4 Å². The predicted octanol–water partition coefficient (Wildman–Crippen LogP) is 1.95. The number of likely N-dealkylation sites (tertiary alicyclic amines) is 1. The van der Waals surface area contributed by atoms with Crippen LogP contribution in [-0.2, 0) is 16.0 Å². The second-order valence-electron chi connectivity index (χ2n) is 6.68. The molecule has 0 bridgehead atoms. The predicted molar refractivity (Wildman–Crippen MR) is 98.6 cm³/mol. The van der Waals surface area contributed by atoms with E-state index in [0.29, 0.717) is 0 Å². The summed E-state index contributed by atoms with van der Waals surface area (Å²) in [6.45, 7) is 0.867. The van der Waals surface area contributed by atoms with E-state index in [9.17, 15) is 14.7 Å². The zero-order chi connectivity index (χ0) is 18.5. The van der Waals surface area contributed by atoms with Crippen LogP contribution >= 0.6 is 0 Å². The molecule has 2 heterocycles. The number of nitrogens with one attached hydrogen (secondary N) is 1. The van der Waals surface area contributed by atoms with Gasteiger partial charge in [0.2, 0.25) is 5.91 Å². The summed E-state index contributed by atoms with van der Waals surface area (Å²) < 4.78 is 0. The minimum atomic E-state index is -1.02. The van der Waals surface area contributed by atoms with Gasteiger partial charge in [-0.1, -0.05) is 30.3 Å². The van der Waals surface area contributed by atoms with Crippen molar-refractivity contribution in [3.63, 3.8) is 0 Å². The first-order chi connectivity index (χ1) is 12.5. The number of benzene rings is 1. The van der Waals surface area contributed by atoms with Crippen LogP contribution < -0.4 is 5.32 Å². The standard InChI is InChI=1S/C20H23N3O3/c1-23-11-3-5-18(23)19(24)22-17(20(25)26)12-14-6-8-15(9-7-14)16-4-2-10-21-13-16/h2,4,6-10,13,17-18H,3,5,11-12H2,1H3,(H,22,24)(H,25,26)/t17-,18-/m0/s1. The van der Waals surface area contributed by atoms with Crippen molar-refractivity contribution in [2.75, 3.05) is 13.6 Å². The first-order valence-corrected chi connectivity index (χ1v) is 8.77. The molecule has 1 aromatic heterocycles. The van der Waals surface area contributed by atoms with Crippen LogP contribution in [0.15, 0.2) is 48.8 Å². The zero-order valence-electron chi connectivity index (χ0n) is 14.8. The molecule has 1 aliphatic heterocycles. The van der Waals surface area contributed by atoms with Crippen LogP contribution in [-0.4, -0.2) is 52.5 Å². The number of aromatic nitrogens is 1. The number of carboxylic acid groups (broad SMARTS) is 1. The number of hydrogen-bond acceptors (Lipinski definition) is 4. The molecule has 0 spiro atoms. The SMILES string of the molecule is CN1CCC[C@H]1C(=O)N[C@@H](Cc1ccc(-c2cccnc2)cc1)C(=O)O. The van der Waals surface area contributed by atoms with E-state index in [2.05, 4.69) is 10.3 Å². The molecule has 6 heteroatoms. The summed E-state index contributed by atoms with van der Waals surface area (Å²) in [6.07, 6.45) is 5.49. The van der Waals surface area contributed by atoms with E-state index in [1.54, 1.807) is 12.4 Å². The number of carbonyl (C=O) groups is 2. The Kier molecular flexibility index (Phi) is 5.63. The fraction of sp³-hybridized carbons (Fsp3) is 0.350. The van der Waals surface area contributed by atoms with Gasteiger partial charge in [0.1, 0.15) is 6.04 Å². The van der Waals surface area contributed by atoms with Crippen LogP contribution in [0.5, 0.6) is 0 Å². The maximum absolute atomic E-state index is 12.4. The van der Waals surface area contributed by atoms with Gasteiger partial charge in [0.15, 0.2) is 0 Å². The number of pyridine rings is 1. The molecule has 1 fully saturated rings. The number of amides is 1. The Balaban J connectivity index is 1.66. The van der Waals surface area contributed by atoms with E-state index in [1.165, 1.54) is 0 Å². The summed E-state index contributed by atoms with van der Waals surface area (Å²) in [5.74, 6) is -1.22. The largest absolute Gasteiger partial charge is 0.480 e. The number of likely N-dealkylation sites (N-methyl/N-ethyl adjacent to an activating group) is 1. The van der Waals surface area contributed by atoms with E-state index in [4.69, 9.17) is 0 Å². The van der Waals surface area contributed by atoms with Gasteiger partial charge in [-0.25, -0.2) is 4.79 Å². The van der Waals surface area contributed by atoms with Crippen LogP contribution in [0, 0.1) is 0 Å². The average Bonchev–Trinajstić information content (AvgIpc) is 3.08. The highest BCUT2D eigenvalue weighted by atomic mass is 16.4. The van der Waals surface area contributed by atoms with E-state index >= 15 is 0 Å². The Morgan fingerprint density at radius 1 is 1.27 bits per heavy atom. The van der Waals surface area contributed by atoms with Crippen molar-refractivity contribution in [1.29, 1.82) is 0 Å². The lowest BCUT2D eigenvalue weighted by Gasteiger charge is -2.22. The Morgan fingerprint density at radius 2 is 2.04 bits per heavy atom. The fourth-order valence-electron chi connectivity index (χ4n) is 3.31. The molecular weight excluding hydrogens is 330 g/mol. The number of carbonyl (C=O) groups excluding carboxylic acids is 1. The first-order valence-electron chi connectivity index (χ1n) is 8.77. The van der Waals surface area contributed by atoms with E-state index in [-0.39, 0.29) is 18.4 Å². The topological polar surface area (TPSA) is 82.5 Å². The van der Waals surface area contributed by atoms with Gasteiger partial charge in [-0.2, -0.15) is 0 Å². The minimum absolute atomic E-state index is 0.204. The van der Waals surface area contributed by atoms with Crippen LogP contribution in [0.1, 0.15) is 18.4 Å². The fourth-order valence-corrected chi connectivity index (χ4v) is 3.31. The summed E-state index contributed by atoms with van der Waals surface area (Å²) in [7, 11) is 1.89. The molecule has 0 aliphatic carbocycles. The molecule has 1 amide bonds. The first kappa shape index (κ1) is 18.1. The van der Waals surface area contributed by atoms with Gasteiger partial charge in [-0.3, -0.25) is 14.7 Å². The van der Waals surface area contributed by atoms with Crippen LogP contribution in [0.25, 0.3) is 11.1 Å². The molecule has 2 aromatic rings. The Morgan fingerprint density at radius 3 is 2.62 bits per heavy atom. The number of aliphatic carboxylic acids is 1. The van der Waals surface area contributed by atoms with Crippen LogP contribution in [0.4, 0.5) is 0 Å². The molecule has 2 N–H and O–H groups in total. The molecular formula is C20H23N3O3. The van der Waals surface area contributed by atoms with Crippen LogP contribution in [0.2, 0.25) is 0 Å². The third kappa shape index (κ3) is 4.26. The third-order valence-corrected chi connectivity index (χ3v) is 4.83. The summed E-state index contributed by atoms with van der Waals surface area (Å²) in [6, 6.07) is 10.4. The van der Waals surface area contributed by atoms with Crippen molar-refractivity contribution in [2.24, 2.45) is 0 Å². The van der Waals surface area contributed by atoms with Gasteiger partial charge in [0.05, 0.1) is 6.04 Å². The highest BCUT2D eigenvalue weighted by molar-refractivity contribution is 5.87. The zero-order valence-corrected chi connectivity index (χ0v) is 14.8. The maximum atomic E-state index is 12.4. The smallest absolute Gasteiger partial charge is 0.326 e. The molecule has 3 rings (SSSR count). The Hall–Kier alpha value is -2.73. The molecule has 2 atom stereocenters. The normalized spacial score (nSPS) is 18.4. The quantitative estimate of drug-likeness (QED) is 0.829. The van der Waals surface area contributed by atoms with Gasteiger partial charge in [-0.05, 0) is 49.2 Å². The lowest BCUT2D eigenvalue weighted by molar-refractivity contribution is -0.142. The minimum Gasteiger partial charge on any atom is -0.480 e. The van der Waals surface area contributed by atoms with Crippen LogP contribution in [0.3, 0.4) is 0 Å². The Labute approximate surface area is 152 Å². The van der Waals surface area contributed by atoms with Gasteiger partial charge in [-0.15, -0.1) is 0 Å². The molecule has 1 saturated heterocycles. The lowest BCUT2D eigenvalue weighted by Crippen LogP contribution is -2.49. The molecule has 6 nitrogen and oxygen atoms in total. The number of hydrogen-bond donors (Lipinski definition) is 2. The highest BCUT2D eigenvalue weighted by Gasteiger charge is 2.30. The van der Waals surface area contributed by atoms with Gasteiger partial charge in [0, 0.05) is 18.8 Å². The maximum Gasteiger partial charge on any atom is 0.326 e. The second-order valence-corrected chi connectivity index (χ2v) is 6.68. The van der Waals surface area contributed by atoms with Gasteiger partial charge >= 0.3 is 5.97 Å². The molecule has 0 saturated carbocycles. The Bertz CT molecular complexity index is 762. The number of rotatable bonds is 6. The summed E-state index contributed by atoms with van der Waals surface area (Å²) in [5, 5.41) is 12.2. The summed E-state index contributed by atoms with van der Waals surface area (Å²) >= 11 is 0. The van der Waals surface area contributed by atoms with E-state index < -0.39 is 12.0 Å². The lowest BCUT2D eigenvalue weighted by atomic mass is 10.0. The summed E-state index contributed by atoms with van der Waals surface area (Å²) in [5.41, 5.74) is 2.89. The number of carboxylic acids is 1. The molecule has 136 valence electrons. The molecule has 0 radical (unpaired) electrons. The molecule has 1 aliphatic rings. The third-order valence-electron chi connectivity index (χ3n) is 4.83. The summed E-state index contributed by atoms with van der Waals surface area (Å²) in [4.78, 5) is 30.0. The van der Waals surface area contributed by atoms with Gasteiger partial charge in [0.25, 0.3) is 0 Å².